The highest BCUT2D eigenvalue weighted by atomic mass is 32.1. The highest BCUT2D eigenvalue weighted by Crippen LogP contribution is 2.16. The Morgan fingerprint density at radius 3 is 2.41 bits per heavy atom. The van der Waals surface area contributed by atoms with Crippen LogP contribution < -0.4 is 10.1 Å². The fourth-order valence-corrected chi connectivity index (χ4v) is 2.66. The van der Waals surface area contributed by atoms with Crippen LogP contribution in [0.4, 0.5) is 4.39 Å². The SMILES string of the molecule is CCC(CC(=O)Cc1ccc(OCc2cccc(F)c2)cc1)NC(C)=O.S. The second kappa shape index (κ2) is 11.4. The zero-order valence-electron chi connectivity index (χ0n) is 15.6. The molecule has 0 fully saturated rings. The lowest BCUT2D eigenvalue weighted by atomic mass is 10.0. The normalized spacial score (nSPS) is 11.2. The molecule has 2 rings (SSSR count). The second-order valence-electron chi connectivity index (χ2n) is 6.29. The van der Waals surface area contributed by atoms with E-state index in [4.69, 9.17) is 4.74 Å². The maximum atomic E-state index is 13.1. The highest BCUT2D eigenvalue weighted by Gasteiger charge is 2.13. The number of halogens is 1. The Kier molecular flexibility index (Phi) is 9.58. The molecule has 0 saturated carbocycles. The molecule has 6 heteroatoms. The number of ether oxygens (including phenoxy) is 1. The molecule has 0 heterocycles. The van der Waals surface area contributed by atoms with Crippen LogP contribution in [0.5, 0.6) is 5.75 Å². The van der Waals surface area contributed by atoms with Crippen molar-refractivity contribution in [2.75, 3.05) is 0 Å². The summed E-state index contributed by atoms with van der Waals surface area (Å²) in [6.45, 7) is 3.68. The van der Waals surface area contributed by atoms with Crippen molar-refractivity contribution >= 4 is 25.2 Å². The summed E-state index contributed by atoms with van der Waals surface area (Å²) in [7, 11) is 0. The van der Waals surface area contributed by atoms with Crippen LogP contribution in [0.3, 0.4) is 0 Å². The number of nitrogens with one attached hydrogen (secondary N) is 1. The fraction of sp³-hybridized carbons (Fsp3) is 0.333. The van der Waals surface area contributed by atoms with Crippen molar-refractivity contribution in [1.82, 2.24) is 5.32 Å². The third kappa shape index (κ3) is 8.26. The van der Waals surface area contributed by atoms with Gasteiger partial charge in [0.15, 0.2) is 0 Å². The molecule has 0 aliphatic rings. The maximum absolute atomic E-state index is 13.1. The summed E-state index contributed by atoms with van der Waals surface area (Å²) in [4.78, 5) is 23.3. The van der Waals surface area contributed by atoms with Crippen LogP contribution in [-0.2, 0) is 22.6 Å². The van der Waals surface area contributed by atoms with E-state index in [1.807, 2.05) is 19.1 Å². The summed E-state index contributed by atoms with van der Waals surface area (Å²) in [6, 6.07) is 13.4. The second-order valence-corrected chi connectivity index (χ2v) is 6.29. The Balaban J connectivity index is 0.00000364. The van der Waals surface area contributed by atoms with E-state index in [-0.39, 0.29) is 43.7 Å². The van der Waals surface area contributed by atoms with Gasteiger partial charge in [0, 0.05) is 25.8 Å². The van der Waals surface area contributed by atoms with Gasteiger partial charge in [-0.1, -0.05) is 31.2 Å². The smallest absolute Gasteiger partial charge is 0.217 e. The van der Waals surface area contributed by atoms with Gasteiger partial charge in [-0.05, 0) is 41.8 Å². The van der Waals surface area contributed by atoms with E-state index in [0.717, 1.165) is 17.5 Å². The Morgan fingerprint density at radius 2 is 1.81 bits per heavy atom. The molecule has 0 radical (unpaired) electrons. The first-order valence-corrected chi connectivity index (χ1v) is 8.71. The molecular formula is C21H26FNO3S. The summed E-state index contributed by atoms with van der Waals surface area (Å²) >= 11 is 0. The molecule has 1 N–H and O–H groups in total. The van der Waals surface area contributed by atoms with Crippen molar-refractivity contribution in [2.24, 2.45) is 0 Å². The first kappa shape index (κ1) is 22.7. The first-order chi connectivity index (χ1) is 12.5. The van der Waals surface area contributed by atoms with Gasteiger partial charge < -0.3 is 10.1 Å². The highest BCUT2D eigenvalue weighted by molar-refractivity contribution is 7.59. The molecule has 27 heavy (non-hydrogen) atoms. The van der Waals surface area contributed by atoms with Crippen molar-refractivity contribution in [2.45, 2.75) is 45.8 Å². The number of carbonyl (C=O) groups excluding carboxylic acids is 2. The van der Waals surface area contributed by atoms with Gasteiger partial charge in [-0.2, -0.15) is 13.5 Å². The van der Waals surface area contributed by atoms with E-state index >= 15 is 0 Å². The lowest BCUT2D eigenvalue weighted by Crippen LogP contribution is -2.34. The third-order valence-corrected chi connectivity index (χ3v) is 3.99. The number of carbonyl (C=O) groups is 2. The predicted molar refractivity (Wildman–Crippen MR) is 109 cm³/mol. The topological polar surface area (TPSA) is 55.4 Å². The summed E-state index contributed by atoms with van der Waals surface area (Å²) in [5.74, 6) is 0.336. The third-order valence-electron chi connectivity index (χ3n) is 3.99. The maximum Gasteiger partial charge on any atom is 0.217 e. The van der Waals surface area contributed by atoms with Crippen LogP contribution in [0.2, 0.25) is 0 Å². The van der Waals surface area contributed by atoms with E-state index in [1.54, 1.807) is 24.3 Å². The molecule has 0 saturated heterocycles. The molecular weight excluding hydrogens is 365 g/mol. The first-order valence-electron chi connectivity index (χ1n) is 8.71. The van der Waals surface area contributed by atoms with Gasteiger partial charge in [-0.25, -0.2) is 4.39 Å². The van der Waals surface area contributed by atoms with Crippen LogP contribution in [0.15, 0.2) is 48.5 Å². The van der Waals surface area contributed by atoms with E-state index in [9.17, 15) is 14.0 Å². The minimum Gasteiger partial charge on any atom is -0.489 e. The van der Waals surface area contributed by atoms with Crippen LogP contribution in [0, 0.1) is 5.82 Å². The van der Waals surface area contributed by atoms with Crippen LogP contribution in [-0.4, -0.2) is 17.7 Å². The van der Waals surface area contributed by atoms with Crippen molar-refractivity contribution in [3.05, 3.63) is 65.5 Å². The van der Waals surface area contributed by atoms with Crippen molar-refractivity contribution < 1.29 is 18.7 Å². The number of benzene rings is 2. The lowest BCUT2D eigenvalue weighted by molar-refractivity contribution is -0.121. The molecule has 146 valence electrons. The largest absolute Gasteiger partial charge is 0.489 e. The van der Waals surface area contributed by atoms with Gasteiger partial charge in [0.2, 0.25) is 5.91 Å². The summed E-state index contributed by atoms with van der Waals surface area (Å²) in [6.07, 6.45) is 1.37. The molecule has 1 amide bonds. The van der Waals surface area contributed by atoms with Gasteiger partial charge in [0.1, 0.15) is 24.0 Å². The Labute approximate surface area is 166 Å². The molecule has 0 bridgehead atoms. The van der Waals surface area contributed by atoms with Gasteiger partial charge in [0.25, 0.3) is 0 Å². The standard InChI is InChI=1S/C21H24FNO3.H2S/c1-3-19(23-15(2)24)13-20(25)12-16-7-9-21(10-8-16)26-14-17-5-4-6-18(22)11-17;/h4-11,19H,3,12-14H2,1-2H3,(H,23,24);1H2. The van der Waals surface area contributed by atoms with E-state index in [2.05, 4.69) is 5.32 Å². The quantitative estimate of drug-likeness (QED) is 0.705. The Bertz CT molecular complexity index is 749. The number of Topliss-reactive ketones (excluding diaryl/α,β-unsaturated/α-hetero) is 1. The molecule has 0 aliphatic carbocycles. The zero-order valence-corrected chi connectivity index (χ0v) is 16.6. The van der Waals surface area contributed by atoms with Gasteiger partial charge in [0.05, 0.1) is 0 Å². The van der Waals surface area contributed by atoms with Gasteiger partial charge in [-0.15, -0.1) is 0 Å². The average Bonchev–Trinajstić information content (AvgIpc) is 2.60. The minimum atomic E-state index is -0.287. The van der Waals surface area contributed by atoms with E-state index < -0.39 is 0 Å². The zero-order chi connectivity index (χ0) is 18.9. The summed E-state index contributed by atoms with van der Waals surface area (Å²) < 4.78 is 18.8. The average molecular weight is 392 g/mol. The van der Waals surface area contributed by atoms with Crippen LogP contribution in [0.1, 0.15) is 37.8 Å². The summed E-state index contributed by atoms with van der Waals surface area (Å²) in [5.41, 5.74) is 1.65. The molecule has 1 unspecified atom stereocenters. The molecule has 0 spiro atoms. The molecule has 2 aromatic rings. The monoisotopic (exact) mass is 391 g/mol. The molecule has 4 nitrogen and oxygen atoms in total. The summed E-state index contributed by atoms with van der Waals surface area (Å²) in [5, 5.41) is 2.79. The van der Waals surface area contributed by atoms with Crippen LogP contribution in [0.25, 0.3) is 0 Å². The van der Waals surface area contributed by atoms with E-state index in [0.29, 0.717) is 18.6 Å². The Hall–Kier alpha value is -2.34. The lowest BCUT2D eigenvalue weighted by Gasteiger charge is -2.15. The molecule has 0 aromatic heterocycles. The van der Waals surface area contributed by atoms with Gasteiger partial charge in [-0.3, -0.25) is 9.59 Å². The van der Waals surface area contributed by atoms with Crippen molar-refractivity contribution in [3.8, 4) is 5.75 Å². The molecule has 2 aromatic carbocycles. The van der Waals surface area contributed by atoms with Crippen molar-refractivity contribution in [1.29, 1.82) is 0 Å². The molecule has 1 atom stereocenters. The fourth-order valence-electron chi connectivity index (χ4n) is 2.66. The number of hydrogen-bond acceptors (Lipinski definition) is 3. The van der Waals surface area contributed by atoms with Gasteiger partial charge >= 0.3 is 0 Å². The predicted octanol–water partition coefficient (Wildman–Crippen LogP) is 3.93. The number of amides is 1. The number of hydrogen-bond donors (Lipinski definition) is 1. The minimum absolute atomic E-state index is 0. The van der Waals surface area contributed by atoms with Crippen LogP contribution >= 0.6 is 13.5 Å². The van der Waals surface area contributed by atoms with E-state index in [1.165, 1.54) is 19.1 Å². The number of rotatable bonds is 9. The van der Waals surface area contributed by atoms with Crippen molar-refractivity contribution in [3.63, 3.8) is 0 Å². The molecule has 0 aliphatic heterocycles. The number of ketones is 1. The Morgan fingerprint density at radius 1 is 1.11 bits per heavy atom.